The Balaban J connectivity index is 1.89. The van der Waals surface area contributed by atoms with Gasteiger partial charge in [0.25, 0.3) is 0 Å². The molecule has 2 aliphatic rings. The standard InChI is InChI=1S/C26H31NO3S/c1-15(2)29-24(28)17-10-8-9-16(11-17)22-21-18(13-25(3,4)27-22)12-20(31-7)23-19(21)14-26(5,6)30-23/h8-12,15H,13-14H2,1-7H3. The third kappa shape index (κ3) is 4.25. The number of ether oxygens (including phenoxy) is 2. The first-order valence-electron chi connectivity index (χ1n) is 10.8. The number of rotatable bonds is 4. The van der Waals surface area contributed by atoms with Gasteiger partial charge in [0.1, 0.15) is 11.4 Å². The van der Waals surface area contributed by atoms with E-state index in [4.69, 9.17) is 14.5 Å². The Morgan fingerprint density at radius 3 is 2.58 bits per heavy atom. The number of hydrogen-bond acceptors (Lipinski definition) is 5. The number of thioether (sulfide) groups is 1. The van der Waals surface area contributed by atoms with Crippen LogP contribution < -0.4 is 4.74 Å². The van der Waals surface area contributed by atoms with Crippen LogP contribution >= 0.6 is 11.8 Å². The molecule has 0 aliphatic carbocycles. The van der Waals surface area contributed by atoms with Gasteiger partial charge in [-0.2, -0.15) is 0 Å². The largest absolute Gasteiger partial charge is 0.486 e. The summed E-state index contributed by atoms with van der Waals surface area (Å²) in [6.07, 6.45) is 3.66. The van der Waals surface area contributed by atoms with Crippen molar-refractivity contribution in [1.29, 1.82) is 0 Å². The van der Waals surface area contributed by atoms with Crippen molar-refractivity contribution in [2.75, 3.05) is 6.26 Å². The van der Waals surface area contributed by atoms with E-state index >= 15 is 0 Å². The number of carbonyl (C=O) groups is 1. The van der Waals surface area contributed by atoms with Crippen molar-refractivity contribution in [2.24, 2.45) is 4.99 Å². The zero-order valence-electron chi connectivity index (χ0n) is 19.5. The smallest absolute Gasteiger partial charge is 0.338 e. The Morgan fingerprint density at radius 1 is 1.16 bits per heavy atom. The monoisotopic (exact) mass is 437 g/mol. The minimum Gasteiger partial charge on any atom is -0.486 e. The van der Waals surface area contributed by atoms with Crippen LogP contribution in [0.5, 0.6) is 5.75 Å². The highest BCUT2D eigenvalue weighted by atomic mass is 32.2. The Kier molecular flexibility index (Phi) is 5.45. The SMILES string of the molecule is CSc1cc2c(c3c1OC(C)(C)C3)C(c1cccc(C(=O)OC(C)C)c1)=NC(C)(C)C2. The van der Waals surface area contributed by atoms with Gasteiger partial charge in [0.15, 0.2) is 0 Å². The van der Waals surface area contributed by atoms with Crippen LogP contribution in [0.3, 0.4) is 0 Å². The van der Waals surface area contributed by atoms with Crippen molar-refractivity contribution in [2.45, 2.75) is 76.5 Å². The van der Waals surface area contributed by atoms with Crippen molar-refractivity contribution < 1.29 is 14.3 Å². The highest BCUT2D eigenvalue weighted by molar-refractivity contribution is 7.98. The molecule has 0 aromatic heterocycles. The van der Waals surface area contributed by atoms with Crippen molar-refractivity contribution in [3.05, 3.63) is 58.1 Å². The molecule has 2 aliphatic heterocycles. The van der Waals surface area contributed by atoms with E-state index in [1.165, 1.54) is 21.6 Å². The van der Waals surface area contributed by atoms with E-state index in [0.29, 0.717) is 5.56 Å². The minimum atomic E-state index is -0.305. The fourth-order valence-electron chi connectivity index (χ4n) is 4.51. The molecule has 0 bridgehead atoms. The van der Waals surface area contributed by atoms with E-state index < -0.39 is 0 Å². The van der Waals surface area contributed by atoms with Gasteiger partial charge < -0.3 is 9.47 Å². The average Bonchev–Trinajstić information content (AvgIpc) is 3.00. The summed E-state index contributed by atoms with van der Waals surface area (Å²) in [7, 11) is 0. The normalized spacial score (nSPS) is 18.1. The predicted molar refractivity (Wildman–Crippen MR) is 127 cm³/mol. The van der Waals surface area contributed by atoms with Gasteiger partial charge in [-0.05, 0) is 78.0 Å². The van der Waals surface area contributed by atoms with Gasteiger partial charge in [-0.15, -0.1) is 11.8 Å². The molecule has 2 heterocycles. The minimum absolute atomic E-state index is 0.157. The Hall–Kier alpha value is -2.27. The van der Waals surface area contributed by atoms with E-state index in [2.05, 4.69) is 40.0 Å². The van der Waals surface area contributed by atoms with Gasteiger partial charge in [-0.3, -0.25) is 4.99 Å². The molecule has 5 heteroatoms. The molecule has 2 aromatic rings. The Labute approximate surface area is 189 Å². The summed E-state index contributed by atoms with van der Waals surface area (Å²) in [5.41, 5.74) is 5.66. The fourth-order valence-corrected chi connectivity index (χ4v) is 5.12. The van der Waals surface area contributed by atoms with Crippen LogP contribution in [0, 0.1) is 0 Å². The lowest BCUT2D eigenvalue weighted by molar-refractivity contribution is 0.0378. The van der Waals surface area contributed by atoms with E-state index in [1.54, 1.807) is 17.8 Å². The maximum atomic E-state index is 12.5. The highest BCUT2D eigenvalue weighted by Gasteiger charge is 2.39. The van der Waals surface area contributed by atoms with Crippen LogP contribution in [0.15, 0.2) is 40.2 Å². The molecule has 0 saturated heterocycles. The molecule has 4 nitrogen and oxygen atoms in total. The summed E-state index contributed by atoms with van der Waals surface area (Å²) in [5, 5.41) is 0. The Morgan fingerprint density at radius 2 is 1.90 bits per heavy atom. The number of aliphatic imine (C=N–C) groups is 1. The molecule has 164 valence electrons. The van der Waals surface area contributed by atoms with Gasteiger partial charge in [0, 0.05) is 28.0 Å². The molecular weight excluding hydrogens is 406 g/mol. The van der Waals surface area contributed by atoms with E-state index in [9.17, 15) is 4.79 Å². The molecule has 0 unspecified atom stereocenters. The predicted octanol–water partition coefficient (Wildman–Crippen LogP) is 5.86. The summed E-state index contributed by atoms with van der Waals surface area (Å²) in [6.45, 7) is 12.3. The maximum absolute atomic E-state index is 12.5. The van der Waals surface area contributed by atoms with E-state index in [-0.39, 0.29) is 23.2 Å². The zero-order valence-corrected chi connectivity index (χ0v) is 20.3. The first-order valence-corrected chi connectivity index (χ1v) is 12.1. The lowest BCUT2D eigenvalue weighted by Gasteiger charge is -2.31. The van der Waals surface area contributed by atoms with Crippen LogP contribution in [0.1, 0.15) is 74.2 Å². The molecule has 0 saturated carbocycles. The van der Waals surface area contributed by atoms with E-state index in [1.807, 2.05) is 32.0 Å². The third-order valence-corrected chi connectivity index (χ3v) is 6.36. The zero-order chi connectivity index (χ0) is 22.6. The molecule has 0 fully saturated rings. The van der Waals surface area contributed by atoms with Crippen LogP contribution in [-0.2, 0) is 17.6 Å². The summed E-state index contributed by atoms with van der Waals surface area (Å²) in [4.78, 5) is 18.9. The van der Waals surface area contributed by atoms with Crippen LogP contribution in [0.2, 0.25) is 0 Å². The number of hydrogen-bond donors (Lipinski definition) is 0. The quantitative estimate of drug-likeness (QED) is 0.444. The maximum Gasteiger partial charge on any atom is 0.338 e. The lowest BCUT2D eigenvalue weighted by Crippen LogP contribution is -2.30. The van der Waals surface area contributed by atoms with Gasteiger partial charge in [-0.25, -0.2) is 4.79 Å². The van der Waals surface area contributed by atoms with Gasteiger partial charge in [0.05, 0.1) is 22.9 Å². The molecule has 0 spiro atoms. The summed E-state index contributed by atoms with van der Waals surface area (Å²) in [6, 6.07) is 9.92. The topological polar surface area (TPSA) is 47.9 Å². The Bertz CT molecular complexity index is 1080. The second kappa shape index (κ2) is 7.70. The number of benzene rings is 2. The number of carbonyl (C=O) groups excluding carboxylic acids is 1. The molecule has 0 N–H and O–H groups in total. The van der Waals surface area contributed by atoms with Gasteiger partial charge in [0.2, 0.25) is 0 Å². The number of fused-ring (bicyclic) bond motifs is 3. The van der Waals surface area contributed by atoms with Crippen LogP contribution in [0.4, 0.5) is 0 Å². The number of esters is 1. The lowest BCUT2D eigenvalue weighted by atomic mass is 9.81. The van der Waals surface area contributed by atoms with Crippen molar-refractivity contribution in [3.8, 4) is 5.75 Å². The molecule has 4 rings (SSSR count). The summed E-state index contributed by atoms with van der Waals surface area (Å²) in [5.74, 6) is 0.680. The van der Waals surface area contributed by atoms with Crippen LogP contribution in [-0.4, -0.2) is 35.2 Å². The van der Waals surface area contributed by atoms with Gasteiger partial charge in [-0.1, -0.05) is 12.1 Å². The first-order chi connectivity index (χ1) is 14.5. The van der Waals surface area contributed by atoms with Crippen molar-refractivity contribution >= 4 is 23.4 Å². The second-order valence-corrected chi connectivity index (χ2v) is 10.8. The molecular formula is C26H31NO3S. The molecule has 2 aromatic carbocycles. The molecule has 0 atom stereocenters. The third-order valence-electron chi connectivity index (χ3n) is 5.62. The van der Waals surface area contributed by atoms with E-state index in [0.717, 1.165) is 29.9 Å². The first kappa shape index (κ1) is 21.9. The molecule has 0 amide bonds. The number of nitrogens with zero attached hydrogens (tertiary/aromatic N) is 1. The van der Waals surface area contributed by atoms with Crippen molar-refractivity contribution in [1.82, 2.24) is 0 Å². The van der Waals surface area contributed by atoms with Crippen LogP contribution in [0.25, 0.3) is 0 Å². The molecule has 31 heavy (non-hydrogen) atoms. The molecule has 0 radical (unpaired) electrons. The second-order valence-electron chi connectivity index (χ2n) is 9.94. The fraction of sp³-hybridized carbons (Fsp3) is 0.462. The summed E-state index contributed by atoms with van der Waals surface area (Å²) >= 11 is 1.73. The van der Waals surface area contributed by atoms with Gasteiger partial charge >= 0.3 is 5.97 Å². The highest BCUT2D eigenvalue weighted by Crippen LogP contribution is 2.47. The summed E-state index contributed by atoms with van der Waals surface area (Å²) < 4.78 is 11.8. The average molecular weight is 438 g/mol. The van der Waals surface area contributed by atoms with Crippen molar-refractivity contribution in [3.63, 3.8) is 0 Å².